The average Bonchev–Trinajstić information content (AvgIpc) is 2.57. The van der Waals surface area contributed by atoms with Crippen molar-refractivity contribution in [2.24, 2.45) is 0 Å². The van der Waals surface area contributed by atoms with E-state index in [1.807, 2.05) is 18.7 Å². The van der Waals surface area contributed by atoms with E-state index in [1.54, 1.807) is 4.90 Å². The summed E-state index contributed by atoms with van der Waals surface area (Å²) in [6, 6.07) is 2.74. The molecule has 1 aromatic heterocycles. The predicted octanol–water partition coefficient (Wildman–Crippen LogP) is 0.426. The topological polar surface area (TPSA) is 98.4 Å². The molecule has 1 aromatic rings. The molecule has 1 aliphatic rings. The maximum absolute atomic E-state index is 12.3. The minimum atomic E-state index is -0.343. The molecule has 8 heteroatoms. The number of aromatic amines is 1. The summed E-state index contributed by atoms with van der Waals surface area (Å²) in [6.45, 7) is 6.57. The number of carbonyl (C=O) groups is 2. The second-order valence-electron chi connectivity index (χ2n) is 5.50. The molecule has 0 unspecified atom stereocenters. The molecule has 1 aliphatic heterocycles. The first kappa shape index (κ1) is 17.0. The van der Waals surface area contributed by atoms with Crippen LogP contribution in [0.3, 0.4) is 0 Å². The summed E-state index contributed by atoms with van der Waals surface area (Å²) in [5.41, 5.74) is -0.156. The Labute approximate surface area is 134 Å². The molecule has 1 fully saturated rings. The van der Waals surface area contributed by atoms with Gasteiger partial charge in [0.2, 0.25) is 0 Å². The number of urea groups is 1. The summed E-state index contributed by atoms with van der Waals surface area (Å²) >= 11 is 0. The molecule has 0 bridgehead atoms. The van der Waals surface area contributed by atoms with Crippen molar-refractivity contribution < 1.29 is 9.59 Å². The SMILES string of the molecule is CCN(CC)C(=O)N1CCC(NC(=O)c2ccc(=O)[nH]n2)CC1. The predicted molar refractivity (Wildman–Crippen MR) is 85.2 cm³/mol. The van der Waals surface area contributed by atoms with Gasteiger partial charge in [0.15, 0.2) is 0 Å². The third-order valence-corrected chi connectivity index (χ3v) is 4.05. The first-order valence-electron chi connectivity index (χ1n) is 7.95. The molecule has 23 heavy (non-hydrogen) atoms. The molecular formula is C15H23N5O3. The van der Waals surface area contributed by atoms with Gasteiger partial charge in [0.1, 0.15) is 5.69 Å². The average molecular weight is 321 g/mol. The highest BCUT2D eigenvalue weighted by atomic mass is 16.2. The Kier molecular flexibility index (Phi) is 5.72. The summed E-state index contributed by atoms with van der Waals surface area (Å²) < 4.78 is 0. The van der Waals surface area contributed by atoms with Gasteiger partial charge in [-0.15, -0.1) is 0 Å². The van der Waals surface area contributed by atoms with E-state index in [0.29, 0.717) is 39.0 Å². The molecule has 1 saturated heterocycles. The number of hydrogen-bond donors (Lipinski definition) is 2. The van der Waals surface area contributed by atoms with E-state index in [9.17, 15) is 14.4 Å². The van der Waals surface area contributed by atoms with Gasteiger partial charge in [0.05, 0.1) is 0 Å². The van der Waals surface area contributed by atoms with Crippen LogP contribution in [-0.4, -0.2) is 64.2 Å². The minimum Gasteiger partial charge on any atom is -0.348 e. The van der Waals surface area contributed by atoms with Gasteiger partial charge in [0, 0.05) is 38.3 Å². The van der Waals surface area contributed by atoms with Crippen molar-refractivity contribution in [3.63, 3.8) is 0 Å². The van der Waals surface area contributed by atoms with Gasteiger partial charge in [-0.05, 0) is 32.8 Å². The van der Waals surface area contributed by atoms with Crippen molar-refractivity contribution in [3.8, 4) is 0 Å². The van der Waals surface area contributed by atoms with E-state index in [0.717, 1.165) is 0 Å². The molecule has 126 valence electrons. The Bertz CT molecular complexity index is 583. The maximum Gasteiger partial charge on any atom is 0.319 e. The standard InChI is InChI=1S/C15H23N5O3/c1-3-19(4-2)15(23)20-9-7-11(8-10-20)16-14(22)12-5-6-13(21)18-17-12/h5-6,11H,3-4,7-10H2,1-2H3,(H,16,22)(H,18,21). The van der Waals surface area contributed by atoms with Crippen molar-refractivity contribution >= 4 is 11.9 Å². The molecule has 8 nitrogen and oxygen atoms in total. The van der Waals surface area contributed by atoms with E-state index in [1.165, 1.54) is 12.1 Å². The summed E-state index contributed by atoms with van der Waals surface area (Å²) in [5.74, 6) is -0.310. The second kappa shape index (κ2) is 7.75. The highest BCUT2D eigenvalue weighted by Gasteiger charge is 2.26. The number of piperidine rings is 1. The lowest BCUT2D eigenvalue weighted by atomic mass is 10.1. The third-order valence-electron chi connectivity index (χ3n) is 4.05. The number of nitrogens with zero attached hydrogens (tertiary/aromatic N) is 3. The van der Waals surface area contributed by atoms with Crippen LogP contribution in [0.2, 0.25) is 0 Å². The summed E-state index contributed by atoms with van der Waals surface area (Å²) in [6.07, 6.45) is 1.42. The molecule has 0 atom stereocenters. The monoisotopic (exact) mass is 321 g/mol. The van der Waals surface area contributed by atoms with Crippen LogP contribution in [-0.2, 0) is 0 Å². The van der Waals surface area contributed by atoms with Gasteiger partial charge in [-0.25, -0.2) is 9.89 Å². The molecule has 2 heterocycles. The number of likely N-dealkylation sites (tertiary alicyclic amines) is 1. The molecule has 0 spiro atoms. The van der Waals surface area contributed by atoms with E-state index >= 15 is 0 Å². The number of carbonyl (C=O) groups excluding carboxylic acids is 2. The summed E-state index contributed by atoms with van der Waals surface area (Å²) in [7, 11) is 0. The number of aromatic nitrogens is 2. The van der Waals surface area contributed by atoms with Gasteiger partial charge in [-0.2, -0.15) is 5.10 Å². The Morgan fingerprint density at radius 2 is 1.96 bits per heavy atom. The number of amides is 3. The van der Waals surface area contributed by atoms with E-state index in [-0.39, 0.29) is 29.2 Å². The lowest BCUT2D eigenvalue weighted by Gasteiger charge is -2.35. The third kappa shape index (κ3) is 4.30. The fourth-order valence-electron chi connectivity index (χ4n) is 2.64. The van der Waals surface area contributed by atoms with Crippen LogP contribution in [0.1, 0.15) is 37.2 Å². The summed E-state index contributed by atoms with van der Waals surface area (Å²) in [4.78, 5) is 38.9. The van der Waals surface area contributed by atoms with Crippen molar-refractivity contribution in [2.45, 2.75) is 32.7 Å². The number of nitrogens with one attached hydrogen (secondary N) is 2. The number of hydrogen-bond acceptors (Lipinski definition) is 4. The minimum absolute atomic E-state index is 0.0111. The zero-order chi connectivity index (χ0) is 16.8. The zero-order valence-corrected chi connectivity index (χ0v) is 13.5. The van der Waals surface area contributed by atoms with Crippen LogP contribution in [0.15, 0.2) is 16.9 Å². The Hall–Kier alpha value is -2.38. The molecule has 2 N–H and O–H groups in total. The van der Waals surface area contributed by atoms with Crippen molar-refractivity contribution in [3.05, 3.63) is 28.2 Å². The molecular weight excluding hydrogens is 298 g/mol. The van der Waals surface area contributed by atoms with Crippen molar-refractivity contribution in [1.82, 2.24) is 25.3 Å². The van der Waals surface area contributed by atoms with E-state index in [4.69, 9.17) is 0 Å². The Balaban J connectivity index is 1.85. The van der Waals surface area contributed by atoms with Crippen LogP contribution < -0.4 is 10.9 Å². The number of rotatable bonds is 4. The second-order valence-corrected chi connectivity index (χ2v) is 5.50. The molecule has 2 rings (SSSR count). The highest BCUT2D eigenvalue weighted by molar-refractivity contribution is 5.92. The van der Waals surface area contributed by atoms with Crippen molar-refractivity contribution in [2.75, 3.05) is 26.2 Å². The molecule has 0 aromatic carbocycles. The lowest BCUT2D eigenvalue weighted by Crippen LogP contribution is -2.50. The molecule has 3 amide bonds. The van der Waals surface area contributed by atoms with Crippen LogP contribution in [0.4, 0.5) is 4.79 Å². The van der Waals surface area contributed by atoms with Crippen molar-refractivity contribution in [1.29, 1.82) is 0 Å². The first-order valence-corrected chi connectivity index (χ1v) is 7.95. The van der Waals surface area contributed by atoms with E-state index in [2.05, 4.69) is 15.5 Å². The lowest BCUT2D eigenvalue weighted by molar-refractivity contribution is 0.0905. The van der Waals surface area contributed by atoms with E-state index < -0.39 is 0 Å². The highest BCUT2D eigenvalue weighted by Crippen LogP contribution is 2.13. The quantitative estimate of drug-likeness (QED) is 0.840. The maximum atomic E-state index is 12.3. The zero-order valence-electron chi connectivity index (χ0n) is 13.5. The van der Waals surface area contributed by atoms with Gasteiger partial charge < -0.3 is 15.1 Å². The summed E-state index contributed by atoms with van der Waals surface area (Å²) in [5, 5.41) is 8.85. The normalized spacial score (nSPS) is 15.3. The van der Waals surface area contributed by atoms with Crippen LogP contribution in [0.5, 0.6) is 0 Å². The van der Waals surface area contributed by atoms with Crippen LogP contribution in [0, 0.1) is 0 Å². The Morgan fingerprint density at radius 1 is 1.30 bits per heavy atom. The van der Waals surface area contributed by atoms with Gasteiger partial charge in [-0.3, -0.25) is 9.59 Å². The van der Waals surface area contributed by atoms with Crippen LogP contribution in [0.25, 0.3) is 0 Å². The molecule has 0 saturated carbocycles. The fraction of sp³-hybridized carbons (Fsp3) is 0.600. The Morgan fingerprint density at radius 3 is 2.48 bits per heavy atom. The molecule has 0 aliphatic carbocycles. The number of H-pyrrole nitrogens is 1. The van der Waals surface area contributed by atoms with Gasteiger partial charge in [0.25, 0.3) is 11.5 Å². The largest absolute Gasteiger partial charge is 0.348 e. The fourth-order valence-corrected chi connectivity index (χ4v) is 2.64. The smallest absolute Gasteiger partial charge is 0.319 e. The molecule has 0 radical (unpaired) electrons. The van der Waals surface area contributed by atoms with Crippen LogP contribution >= 0.6 is 0 Å². The first-order chi connectivity index (χ1) is 11.0. The van der Waals surface area contributed by atoms with Gasteiger partial charge in [-0.1, -0.05) is 0 Å². The van der Waals surface area contributed by atoms with Gasteiger partial charge >= 0.3 is 6.03 Å².